The predicted molar refractivity (Wildman–Crippen MR) is 103 cm³/mol. The van der Waals surface area contributed by atoms with Crippen LogP contribution in [0.25, 0.3) is 0 Å². The second-order valence-electron chi connectivity index (χ2n) is 7.27. The summed E-state index contributed by atoms with van der Waals surface area (Å²) in [5.74, 6) is -1.92. The molecule has 0 unspecified atom stereocenters. The Morgan fingerprint density at radius 1 is 1.28 bits per heavy atom. The van der Waals surface area contributed by atoms with Gasteiger partial charge in [-0.25, -0.2) is 14.5 Å². The summed E-state index contributed by atoms with van der Waals surface area (Å²) in [5, 5.41) is 4.00. The van der Waals surface area contributed by atoms with Gasteiger partial charge in [-0.15, -0.1) is 5.10 Å². The van der Waals surface area contributed by atoms with Crippen molar-refractivity contribution in [2.45, 2.75) is 25.5 Å². The van der Waals surface area contributed by atoms with E-state index >= 15 is 0 Å². The summed E-state index contributed by atoms with van der Waals surface area (Å²) in [4.78, 5) is 27.7. The van der Waals surface area contributed by atoms with Crippen molar-refractivity contribution in [3.05, 3.63) is 48.0 Å². The molecule has 1 aromatic carbocycles. The van der Waals surface area contributed by atoms with Crippen molar-refractivity contribution >= 4 is 19.0 Å². The zero-order valence-electron chi connectivity index (χ0n) is 16.3. The van der Waals surface area contributed by atoms with E-state index in [1.165, 1.54) is 11.0 Å². The van der Waals surface area contributed by atoms with Gasteiger partial charge >= 0.3 is 5.97 Å². The number of rotatable bonds is 7. The van der Waals surface area contributed by atoms with Crippen LogP contribution in [-0.4, -0.2) is 58.7 Å². The van der Waals surface area contributed by atoms with Crippen LogP contribution in [0.5, 0.6) is 0 Å². The number of amides is 1. The number of aromatic nitrogens is 3. The Hall–Kier alpha value is -2.55. The molecule has 2 heterocycles. The van der Waals surface area contributed by atoms with Crippen LogP contribution < -0.4 is 5.73 Å². The molecule has 1 aliphatic heterocycles. The standard InChI is InChI=1S/C18H23N4O6P/c1-11-13(27-17(24)12-7-5-4-6-8-12)16(22-9-20-15(21-22)14(19)23)28-18(11)26-10-29(2,3)25/h4-9,11,13,16,18H,10H2,1-3H3,(H2,19,23)/t11-,13+,16+,18-/m0/s1. The highest BCUT2D eigenvalue weighted by atomic mass is 31.2. The molecule has 1 amide bonds. The topological polar surface area (TPSA) is 136 Å². The molecule has 1 aromatic heterocycles. The molecule has 2 N–H and O–H groups in total. The van der Waals surface area contributed by atoms with Gasteiger partial charge < -0.3 is 24.5 Å². The Bertz CT molecular complexity index is 927. The smallest absolute Gasteiger partial charge is 0.338 e. The van der Waals surface area contributed by atoms with Gasteiger partial charge in [-0.05, 0) is 25.5 Å². The Labute approximate surface area is 167 Å². The molecule has 0 aliphatic carbocycles. The van der Waals surface area contributed by atoms with Gasteiger partial charge in [0.2, 0.25) is 5.82 Å². The number of benzene rings is 1. The Kier molecular flexibility index (Phi) is 6.16. The first kappa shape index (κ1) is 21.2. The summed E-state index contributed by atoms with van der Waals surface area (Å²) >= 11 is 0. The number of nitrogens with two attached hydrogens (primary N) is 1. The second-order valence-corrected chi connectivity index (χ2v) is 10.7. The fourth-order valence-corrected chi connectivity index (χ4v) is 3.36. The lowest BCUT2D eigenvalue weighted by Gasteiger charge is -2.21. The zero-order valence-corrected chi connectivity index (χ0v) is 17.2. The van der Waals surface area contributed by atoms with Crippen LogP contribution in [0.2, 0.25) is 0 Å². The zero-order chi connectivity index (χ0) is 21.2. The van der Waals surface area contributed by atoms with E-state index in [2.05, 4.69) is 10.1 Å². The molecule has 0 bridgehead atoms. The predicted octanol–water partition coefficient (Wildman–Crippen LogP) is 1.69. The Morgan fingerprint density at radius 2 is 1.97 bits per heavy atom. The van der Waals surface area contributed by atoms with Gasteiger partial charge in [-0.2, -0.15) is 0 Å². The van der Waals surface area contributed by atoms with Crippen molar-refractivity contribution < 1.29 is 28.4 Å². The first-order valence-corrected chi connectivity index (χ1v) is 11.7. The van der Waals surface area contributed by atoms with E-state index in [4.69, 9.17) is 19.9 Å². The summed E-state index contributed by atoms with van der Waals surface area (Å²) in [6.45, 7) is 5.00. The van der Waals surface area contributed by atoms with Crippen LogP contribution >= 0.6 is 7.14 Å². The fourth-order valence-electron chi connectivity index (χ4n) is 2.85. The largest absolute Gasteiger partial charge is 0.453 e. The lowest BCUT2D eigenvalue weighted by atomic mass is 10.1. The highest BCUT2D eigenvalue weighted by molar-refractivity contribution is 7.62. The van der Waals surface area contributed by atoms with Crippen LogP contribution in [0, 0.1) is 5.92 Å². The van der Waals surface area contributed by atoms with Crippen LogP contribution in [0.1, 0.15) is 34.1 Å². The highest BCUT2D eigenvalue weighted by Gasteiger charge is 2.47. The molecule has 3 rings (SSSR count). The van der Waals surface area contributed by atoms with Gasteiger partial charge in [0.25, 0.3) is 5.91 Å². The molecular formula is C18H23N4O6P. The maximum absolute atomic E-state index is 12.6. The van der Waals surface area contributed by atoms with E-state index in [9.17, 15) is 14.2 Å². The molecule has 29 heavy (non-hydrogen) atoms. The minimum Gasteiger partial charge on any atom is -0.453 e. The SMILES string of the molecule is C[C@@H]1[C@@H](OCP(C)(C)=O)O[C@@H](n2cnc(C(N)=O)n2)[C@@H]1OC(=O)c1ccccc1. The van der Waals surface area contributed by atoms with E-state index in [1.54, 1.807) is 50.6 Å². The van der Waals surface area contributed by atoms with Gasteiger partial charge in [-0.3, -0.25) is 4.79 Å². The molecule has 10 nitrogen and oxygen atoms in total. The maximum Gasteiger partial charge on any atom is 0.338 e. The van der Waals surface area contributed by atoms with Crippen molar-refractivity contribution in [2.75, 3.05) is 19.7 Å². The quantitative estimate of drug-likeness (QED) is 0.526. The minimum absolute atomic E-state index is 0.0119. The van der Waals surface area contributed by atoms with Gasteiger partial charge in [0.1, 0.15) is 19.8 Å². The van der Waals surface area contributed by atoms with Gasteiger partial charge in [0, 0.05) is 5.92 Å². The number of ether oxygens (including phenoxy) is 3. The molecule has 1 saturated heterocycles. The molecule has 156 valence electrons. The van der Waals surface area contributed by atoms with Crippen LogP contribution in [-0.2, 0) is 18.8 Å². The van der Waals surface area contributed by atoms with Gasteiger partial charge in [0.05, 0.1) is 5.56 Å². The molecule has 0 radical (unpaired) electrons. The summed E-state index contributed by atoms with van der Waals surface area (Å²) in [7, 11) is -2.45. The van der Waals surface area contributed by atoms with Crippen molar-refractivity contribution in [3.8, 4) is 0 Å². The van der Waals surface area contributed by atoms with Crippen molar-refractivity contribution in [2.24, 2.45) is 11.7 Å². The monoisotopic (exact) mass is 422 g/mol. The van der Waals surface area contributed by atoms with E-state index in [0.29, 0.717) is 5.56 Å². The minimum atomic E-state index is -2.45. The van der Waals surface area contributed by atoms with Crippen LogP contribution in [0.3, 0.4) is 0 Å². The summed E-state index contributed by atoms with van der Waals surface area (Å²) in [6, 6.07) is 8.52. The van der Waals surface area contributed by atoms with Crippen molar-refractivity contribution in [1.29, 1.82) is 0 Å². The van der Waals surface area contributed by atoms with Crippen molar-refractivity contribution in [3.63, 3.8) is 0 Å². The van der Waals surface area contributed by atoms with Crippen LogP contribution in [0.15, 0.2) is 36.7 Å². The fraction of sp³-hybridized carbons (Fsp3) is 0.444. The molecule has 0 saturated carbocycles. The number of esters is 1. The number of hydrogen-bond acceptors (Lipinski definition) is 8. The summed E-state index contributed by atoms with van der Waals surface area (Å²) in [6.07, 6.45) is -1.19. The lowest BCUT2D eigenvalue weighted by Crippen LogP contribution is -2.31. The first-order chi connectivity index (χ1) is 13.7. The first-order valence-electron chi connectivity index (χ1n) is 8.94. The van der Waals surface area contributed by atoms with Crippen molar-refractivity contribution in [1.82, 2.24) is 14.8 Å². The van der Waals surface area contributed by atoms with Gasteiger partial charge in [-0.1, -0.05) is 25.1 Å². The summed E-state index contributed by atoms with van der Waals surface area (Å²) in [5.41, 5.74) is 5.59. The average molecular weight is 422 g/mol. The molecule has 2 aromatic rings. The third-order valence-electron chi connectivity index (χ3n) is 4.29. The van der Waals surface area contributed by atoms with E-state index in [-0.39, 0.29) is 12.2 Å². The number of hydrogen-bond donors (Lipinski definition) is 1. The molecule has 1 aliphatic rings. The van der Waals surface area contributed by atoms with E-state index < -0.39 is 43.6 Å². The second kappa shape index (κ2) is 8.44. The number of nitrogens with zero attached hydrogens (tertiary/aromatic N) is 3. The molecule has 11 heteroatoms. The number of carbonyl (C=O) groups is 2. The number of carbonyl (C=O) groups excluding carboxylic acids is 2. The average Bonchev–Trinajstić information content (AvgIpc) is 3.26. The normalized spacial score (nSPS) is 24.4. The maximum atomic E-state index is 12.6. The summed E-state index contributed by atoms with van der Waals surface area (Å²) < 4.78 is 30.5. The lowest BCUT2D eigenvalue weighted by molar-refractivity contribution is -0.156. The third kappa shape index (κ3) is 5.09. The van der Waals surface area contributed by atoms with Crippen LogP contribution in [0.4, 0.5) is 0 Å². The molecule has 4 atom stereocenters. The third-order valence-corrected chi connectivity index (χ3v) is 5.06. The Balaban J connectivity index is 1.84. The van der Waals surface area contributed by atoms with E-state index in [0.717, 1.165) is 0 Å². The molecular weight excluding hydrogens is 399 g/mol. The highest BCUT2D eigenvalue weighted by Crippen LogP contribution is 2.41. The van der Waals surface area contributed by atoms with Gasteiger partial charge in [0.15, 0.2) is 18.6 Å². The Morgan fingerprint density at radius 3 is 2.55 bits per heavy atom. The molecule has 1 fully saturated rings. The van der Waals surface area contributed by atoms with E-state index in [1.807, 2.05) is 0 Å². The number of primary amides is 1. The molecule has 0 spiro atoms.